The van der Waals surface area contributed by atoms with E-state index in [1.54, 1.807) is 6.92 Å². The van der Waals surface area contributed by atoms with E-state index in [0.29, 0.717) is 25.9 Å². The second kappa shape index (κ2) is 3.98. The fourth-order valence-electron chi connectivity index (χ4n) is 1.22. The number of hydrogen-bond acceptors (Lipinski definition) is 4. The van der Waals surface area contributed by atoms with Crippen LogP contribution in [0.4, 0.5) is 0 Å². The van der Waals surface area contributed by atoms with Gasteiger partial charge in [-0.2, -0.15) is 0 Å². The highest BCUT2D eigenvalue weighted by Gasteiger charge is 2.38. The summed E-state index contributed by atoms with van der Waals surface area (Å²) in [6.45, 7) is 2.78. The zero-order valence-corrected chi connectivity index (χ0v) is 7.16. The lowest BCUT2D eigenvalue weighted by molar-refractivity contribution is -0.184. The van der Waals surface area contributed by atoms with Crippen LogP contribution in [0.15, 0.2) is 0 Å². The van der Waals surface area contributed by atoms with Gasteiger partial charge in [0.05, 0.1) is 13.2 Å². The number of aldehydes is 1. The molecule has 0 aliphatic carbocycles. The fraction of sp³-hybridized carbons (Fsp3) is 0.875. The lowest BCUT2D eigenvalue weighted by atomic mass is 9.97. The van der Waals surface area contributed by atoms with Crippen molar-refractivity contribution in [2.45, 2.75) is 31.7 Å². The molecule has 1 fully saturated rings. The first-order valence-corrected chi connectivity index (χ1v) is 4.12. The summed E-state index contributed by atoms with van der Waals surface area (Å²) in [6, 6.07) is 0. The Morgan fingerprint density at radius 1 is 1.58 bits per heavy atom. The molecule has 0 spiro atoms. The van der Waals surface area contributed by atoms with Crippen LogP contribution in [0, 0.1) is 0 Å². The third-order valence-electron chi connectivity index (χ3n) is 2.11. The molecule has 0 aromatic carbocycles. The van der Waals surface area contributed by atoms with Crippen LogP contribution in [0.25, 0.3) is 0 Å². The Morgan fingerprint density at radius 2 is 2.17 bits per heavy atom. The molecule has 0 aromatic rings. The van der Waals surface area contributed by atoms with Crippen molar-refractivity contribution >= 4 is 6.29 Å². The molecule has 1 saturated heterocycles. The molecule has 70 valence electrons. The highest BCUT2D eigenvalue weighted by Crippen LogP contribution is 2.25. The SMILES string of the molecule is CC[C@](O)(CC=O)C1OCCO1. The molecule has 0 amide bonds. The van der Waals surface area contributed by atoms with Crippen molar-refractivity contribution in [3.05, 3.63) is 0 Å². The van der Waals surface area contributed by atoms with Gasteiger partial charge < -0.3 is 19.4 Å². The molecular weight excluding hydrogens is 160 g/mol. The Balaban J connectivity index is 2.56. The Morgan fingerprint density at radius 3 is 2.58 bits per heavy atom. The topological polar surface area (TPSA) is 55.8 Å². The quantitative estimate of drug-likeness (QED) is 0.614. The molecular formula is C8H14O4. The average Bonchev–Trinajstić information content (AvgIpc) is 2.57. The number of hydrogen-bond donors (Lipinski definition) is 1. The van der Waals surface area contributed by atoms with Crippen molar-refractivity contribution in [3.63, 3.8) is 0 Å². The molecule has 4 nitrogen and oxygen atoms in total. The van der Waals surface area contributed by atoms with E-state index in [9.17, 15) is 9.90 Å². The summed E-state index contributed by atoms with van der Waals surface area (Å²) in [7, 11) is 0. The summed E-state index contributed by atoms with van der Waals surface area (Å²) < 4.78 is 10.3. The predicted octanol–water partition coefficient (Wildman–Crippen LogP) is 0.0894. The zero-order chi connectivity index (χ0) is 9.03. The number of rotatable bonds is 4. The molecule has 1 atom stereocenters. The third-order valence-corrected chi connectivity index (χ3v) is 2.11. The summed E-state index contributed by atoms with van der Waals surface area (Å²) in [6.07, 6.45) is 0.576. The molecule has 0 aromatic heterocycles. The summed E-state index contributed by atoms with van der Waals surface area (Å²) >= 11 is 0. The van der Waals surface area contributed by atoms with E-state index in [4.69, 9.17) is 9.47 Å². The molecule has 4 heteroatoms. The smallest absolute Gasteiger partial charge is 0.186 e. The van der Waals surface area contributed by atoms with E-state index in [1.807, 2.05) is 0 Å². The van der Waals surface area contributed by atoms with Crippen LogP contribution in [-0.2, 0) is 14.3 Å². The maximum atomic E-state index is 10.3. The summed E-state index contributed by atoms with van der Waals surface area (Å²) in [5.74, 6) is 0. The van der Waals surface area contributed by atoms with Crippen LogP contribution in [0.3, 0.4) is 0 Å². The van der Waals surface area contributed by atoms with Crippen LogP contribution in [0.2, 0.25) is 0 Å². The minimum atomic E-state index is -1.14. The van der Waals surface area contributed by atoms with Crippen molar-refractivity contribution in [1.29, 1.82) is 0 Å². The Bertz CT molecular complexity index is 153. The number of carbonyl (C=O) groups excluding carboxylic acids is 1. The minimum Gasteiger partial charge on any atom is -0.384 e. The van der Waals surface area contributed by atoms with Gasteiger partial charge in [-0.05, 0) is 6.42 Å². The average molecular weight is 174 g/mol. The van der Waals surface area contributed by atoms with Gasteiger partial charge in [0.2, 0.25) is 0 Å². The fourth-order valence-corrected chi connectivity index (χ4v) is 1.22. The Labute approximate surface area is 71.5 Å². The first kappa shape index (κ1) is 9.64. The molecule has 1 rings (SSSR count). The van der Waals surface area contributed by atoms with Crippen molar-refractivity contribution in [2.24, 2.45) is 0 Å². The van der Waals surface area contributed by atoms with Gasteiger partial charge in [-0.3, -0.25) is 0 Å². The van der Waals surface area contributed by atoms with Gasteiger partial charge >= 0.3 is 0 Å². The minimum absolute atomic E-state index is 0.0637. The summed E-state index contributed by atoms with van der Waals surface area (Å²) in [5, 5.41) is 9.84. The van der Waals surface area contributed by atoms with Gasteiger partial charge in [-0.25, -0.2) is 0 Å². The van der Waals surface area contributed by atoms with E-state index in [-0.39, 0.29) is 6.42 Å². The van der Waals surface area contributed by atoms with E-state index in [2.05, 4.69) is 0 Å². The molecule has 1 N–H and O–H groups in total. The standard InChI is InChI=1S/C8H14O4/c1-2-8(10,3-4-9)7-11-5-6-12-7/h4,7,10H,2-3,5-6H2,1H3/t8-/m0/s1. The molecule has 0 unspecified atom stereocenters. The van der Waals surface area contributed by atoms with Gasteiger partial charge in [0.15, 0.2) is 6.29 Å². The molecule has 12 heavy (non-hydrogen) atoms. The third kappa shape index (κ3) is 1.83. The zero-order valence-electron chi connectivity index (χ0n) is 7.16. The maximum absolute atomic E-state index is 10.3. The van der Waals surface area contributed by atoms with Crippen LogP contribution in [0.5, 0.6) is 0 Å². The van der Waals surface area contributed by atoms with E-state index >= 15 is 0 Å². The number of ether oxygens (including phenoxy) is 2. The van der Waals surface area contributed by atoms with Gasteiger partial charge in [0, 0.05) is 6.42 Å². The van der Waals surface area contributed by atoms with Gasteiger partial charge in [-0.15, -0.1) is 0 Å². The van der Waals surface area contributed by atoms with Gasteiger partial charge in [-0.1, -0.05) is 6.92 Å². The molecule has 0 bridgehead atoms. The first-order valence-electron chi connectivity index (χ1n) is 4.12. The van der Waals surface area contributed by atoms with Crippen LogP contribution in [0.1, 0.15) is 19.8 Å². The summed E-state index contributed by atoms with van der Waals surface area (Å²) in [5.41, 5.74) is -1.14. The van der Waals surface area contributed by atoms with Gasteiger partial charge in [0.1, 0.15) is 11.9 Å². The molecule has 0 radical (unpaired) electrons. The van der Waals surface area contributed by atoms with E-state index in [1.165, 1.54) is 0 Å². The Kier molecular flexibility index (Phi) is 3.20. The lowest BCUT2D eigenvalue weighted by Gasteiger charge is -2.29. The highest BCUT2D eigenvalue weighted by molar-refractivity contribution is 5.51. The maximum Gasteiger partial charge on any atom is 0.186 e. The van der Waals surface area contributed by atoms with Crippen molar-refractivity contribution in [2.75, 3.05) is 13.2 Å². The Hall–Kier alpha value is -0.450. The van der Waals surface area contributed by atoms with Crippen molar-refractivity contribution in [1.82, 2.24) is 0 Å². The van der Waals surface area contributed by atoms with Crippen molar-refractivity contribution < 1.29 is 19.4 Å². The van der Waals surface area contributed by atoms with E-state index in [0.717, 1.165) is 0 Å². The lowest BCUT2D eigenvalue weighted by Crippen LogP contribution is -2.42. The van der Waals surface area contributed by atoms with Gasteiger partial charge in [0.25, 0.3) is 0 Å². The largest absolute Gasteiger partial charge is 0.384 e. The monoisotopic (exact) mass is 174 g/mol. The van der Waals surface area contributed by atoms with Crippen molar-refractivity contribution in [3.8, 4) is 0 Å². The second-order valence-corrected chi connectivity index (χ2v) is 2.90. The predicted molar refractivity (Wildman–Crippen MR) is 41.6 cm³/mol. The molecule has 1 aliphatic rings. The first-order chi connectivity index (χ1) is 5.73. The van der Waals surface area contributed by atoms with Crippen LogP contribution >= 0.6 is 0 Å². The van der Waals surface area contributed by atoms with Crippen LogP contribution < -0.4 is 0 Å². The summed E-state index contributed by atoms with van der Waals surface area (Å²) in [4.78, 5) is 10.3. The molecule has 1 heterocycles. The highest BCUT2D eigenvalue weighted by atomic mass is 16.7. The molecule has 1 aliphatic heterocycles. The van der Waals surface area contributed by atoms with Crippen LogP contribution in [-0.4, -0.2) is 36.5 Å². The molecule has 0 saturated carbocycles. The second-order valence-electron chi connectivity index (χ2n) is 2.90. The number of aliphatic hydroxyl groups is 1. The normalized spacial score (nSPS) is 23.8. The number of carbonyl (C=O) groups is 1. The van der Waals surface area contributed by atoms with E-state index < -0.39 is 11.9 Å².